The van der Waals surface area contributed by atoms with E-state index in [1.807, 2.05) is 72.8 Å². The molecule has 0 bridgehead atoms. The van der Waals surface area contributed by atoms with Crippen LogP contribution in [0.4, 0.5) is 0 Å². The molecule has 0 spiro atoms. The lowest BCUT2D eigenvalue weighted by Crippen LogP contribution is -2.14. The van der Waals surface area contributed by atoms with Crippen LogP contribution in [0, 0.1) is 0 Å². The van der Waals surface area contributed by atoms with Gasteiger partial charge in [0.1, 0.15) is 11.2 Å². The fraction of sp³-hybridized carbons (Fsp3) is 0.0625. The second-order valence-electron chi connectivity index (χ2n) is 14.4. The highest BCUT2D eigenvalue weighted by molar-refractivity contribution is 6.20. The van der Waals surface area contributed by atoms with Crippen molar-refractivity contribution in [3.8, 4) is 51.0 Å². The number of rotatable bonds is 4. The predicted molar refractivity (Wildman–Crippen MR) is 215 cm³/mol. The Balaban J connectivity index is 1.22. The largest absolute Gasteiger partial charge is 0.455 e. The van der Waals surface area contributed by atoms with E-state index in [-0.39, 0.29) is 5.41 Å². The van der Waals surface area contributed by atoms with Crippen LogP contribution in [0.25, 0.3) is 94.7 Å². The summed E-state index contributed by atoms with van der Waals surface area (Å²) in [5.74, 6) is 1.79. The highest BCUT2D eigenvalue weighted by Crippen LogP contribution is 2.53. The second kappa shape index (κ2) is 11.1. The maximum atomic E-state index is 6.83. The zero-order valence-corrected chi connectivity index (χ0v) is 29.2. The lowest BCUT2D eigenvalue weighted by atomic mass is 9.82. The van der Waals surface area contributed by atoms with Crippen LogP contribution in [-0.2, 0) is 5.41 Å². The summed E-state index contributed by atoms with van der Waals surface area (Å²) < 4.78 is 9.25. The van der Waals surface area contributed by atoms with E-state index in [0.29, 0.717) is 17.5 Å². The van der Waals surface area contributed by atoms with Crippen molar-refractivity contribution in [2.45, 2.75) is 19.3 Å². The van der Waals surface area contributed by atoms with Crippen molar-refractivity contribution in [2.75, 3.05) is 0 Å². The second-order valence-corrected chi connectivity index (χ2v) is 14.4. The summed E-state index contributed by atoms with van der Waals surface area (Å²) >= 11 is 0. The molecular weight excluding hydrogens is 649 g/mol. The SMILES string of the molecule is CC1(C)c2ccccc2-c2c1ccc1c2c2ccccc2n1-c1ccc(-c2nc(-c3ccccc3)nc(-c3ccccc3)n2)c2oc3ccccc3c12. The van der Waals surface area contributed by atoms with Crippen molar-refractivity contribution in [3.05, 3.63) is 169 Å². The van der Waals surface area contributed by atoms with Gasteiger partial charge in [0.2, 0.25) is 0 Å². The number of fused-ring (bicyclic) bond motifs is 10. The first-order valence-corrected chi connectivity index (χ1v) is 18.0. The number of hydrogen-bond donors (Lipinski definition) is 0. The minimum Gasteiger partial charge on any atom is -0.455 e. The minimum atomic E-state index is -0.0965. The van der Waals surface area contributed by atoms with Gasteiger partial charge in [-0.25, -0.2) is 15.0 Å². The average Bonchev–Trinajstić information content (AvgIpc) is 3.84. The number of aromatic nitrogens is 4. The molecule has 1 aliphatic carbocycles. The van der Waals surface area contributed by atoms with Gasteiger partial charge in [-0.15, -0.1) is 0 Å². The van der Waals surface area contributed by atoms with Gasteiger partial charge in [-0.3, -0.25) is 0 Å². The van der Waals surface area contributed by atoms with Crippen LogP contribution in [0.1, 0.15) is 25.0 Å². The maximum absolute atomic E-state index is 6.83. The van der Waals surface area contributed by atoms with Crippen molar-refractivity contribution in [1.82, 2.24) is 19.5 Å². The van der Waals surface area contributed by atoms with E-state index >= 15 is 0 Å². The summed E-state index contributed by atoms with van der Waals surface area (Å²) in [4.78, 5) is 15.1. The van der Waals surface area contributed by atoms with E-state index in [0.717, 1.165) is 55.3 Å². The van der Waals surface area contributed by atoms with Crippen molar-refractivity contribution in [3.63, 3.8) is 0 Å². The fourth-order valence-corrected chi connectivity index (χ4v) is 8.61. The highest BCUT2D eigenvalue weighted by Gasteiger charge is 2.37. The zero-order valence-electron chi connectivity index (χ0n) is 29.2. The van der Waals surface area contributed by atoms with Crippen molar-refractivity contribution >= 4 is 43.7 Å². The van der Waals surface area contributed by atoms with Crippen molar-refractivity contribution < 1.29 is 4.42 Å². The van der Waals surface area contributed by atoms with E-state index in [4.69, 9.17) is 19.4 Å². The van der Waals surface area contributed by atoms with Gasteiger partial charge in [0.15, 0.2) is 17.5 Å². The number of hydrogen-bond acceptors (Lipinski definition) is 4. The predicted octanol–water partition coefficient (Wildman–Crippen LogP) is 12.2. The molecule has 3 aromatic heterocycles. The van der Waals surface area contributed by atoms with Gasteiger partial charge in [-0.1, -0.05) is 141 Å². The number of para-hydroxylation sites is 2. The van der Waals surface area contributed by atoms with Crippen molar-refractivity contribution in [2.24, 2.45) is 0 Å². The first-order chi connectivity index (χ1) is 26.1. The van der Waals surface area contributed by atoms with Gasteiger partial charge in [-0.2, -0.15) is 0 Å². The summed E-state index contributed by atoms with van der Waals surface area (Å²) in [6.45, 7) is 4.69. The van der Waals surface area contributed by atoms with Crippen LogP contribution >= 0.6 is 0 Å². The summed E-state index contributed by atoms with van der Waals surface area (Å²) in [5, 5.41) is 4.57. The van der Waals surface area contributed by atoms with Crippen LogP contribution in [0.2, 0.25) is 0 Å². The van der Waals surface area contributed by atoms with Gasteiger partial charge >= 0.3 is 0 Å². The molecule has 3 heterocycles. The molecule has 11 rings (SSSR count). The van der Waals surface area contributed by atoms with Gasteiger partial charge in [-0.05, 0) is 52.6 Å². The van der Waals surface area contributed by atoms with E-state index in [1.165, 1.54) is 33.0 Å². The summed E-state index contributed by atoms with van der Waals surface area (Å²) in [6, 6.07) is 55.1. The summed E-state index contributed by atoms with van der Waals surface area (Å²) in [6.07, 6.45) is 0. The molecule has 0 radical (unpaired) electrons. The smallest absolute Gasteiger partial charge is 0.167 e. The van der Waals surface area contributed by atoms with Gasteiger partial charge < -0.3 is 8.98 Å². The molecule has 0 fully saturated rings. The molecule has 250 valence electrons. The molecule has 0 unspecified atom stereocenters. The minimum absolute atomic E-state index is 0.0965. The molecule has 0 atom stereocenters. The van der Waals surface area contributed by atoms with E-state index in [1.54, 1.807) is 0 Å². The van der Waals surface area contributed by atoms with Crippen LogP contribution in [0.15, 0.2) is 162 Å². The Kier molecular flexibility index (Phi) is 6.23. The highest BCUT2D eigenvalue weighted by atomic mass is 16.3. The molecule has 5 heteroatoms. The monoisotopic (exact) mass is 680 g/mol. The van der Waals surface area contributed by atoms with Gasteiger partial charge in [0.25, 0.3) is 0 Å². The number of nitrogens with zero attached hydrogens (tertiary/aromatic N) is 4. The molecule has 7 aromatic carbocycles. The third-order valence-electron chi connectivity index (χ3n) is 11.1. The molecule has 53 heavy (non-hydrogen) atoms. The Morgan fingerprint density at radius 3 is 1.85 bits per heavy atom. The lowest BCUT2D eigenvalue weighted by molar-refractivity contribution is 0.661. The van der Waals surface area contributed by atoms with Crippen molar-refractivity contribution in [1.29, 1.82) is 0 Å². The van der Waals surface area contributed by atoms with E-state index in [9.17, 15) is 0 Å². The molecule has 0 saturated heterocycles. The topological polar surface area (TPSA) is 56.7 Å². The summed E-state index contributed by atoms with van der Waals surface area (Å²) in [7, 11) is 0. The maximum Gasteiger partial charge on any atom is 0.167 e. The molecule has 0 amide bonds. The first-order valence-electron chi connectivity index (χ1n) is 18.0. The Hall–Kier alpha value is -6.85. The fourth-order valence-electron chi connectivity index (χ4n) is 8.61. The zero-order chi connectivity index (χ0) is 35.3. The van der Waals surface area contributed by atoms with Crippen LogP contribution in [0.5, 0.6) is 0 Å². The molecule has 0 N–H and O–H groups in total. The molecule has 10 aromatic rings. The van der Waals surface area contributed by atoms with Crippen LogP contribution in [0.3, 0.4) is 0 Å². The Bertz CT molecular complexity index is 3020. The normalized spacial score (nSPS) is 13.2. The Morgan fingerprint density at radius 2 is 1.09 bits per heavy atom. The molecule has 0 saturated carbocycles. The van der Waals surface area contributed by atoms with Gasteiger partial charge in [0.05, 0.1) is 27.7 Å². The van der Waals surface area contributed by atoms with Gasteiger partial charge in [0, 0.05) is 32.7 Å². The molecule has 1 aliphatic rings. The van der Waals surface area contributed by atoms with E-state index in [2.05, 4.69) is 103 Å². The molecule has 0 aliphatic heterocycles. The third kappa shape index (κ3) is 4.28. The molecular formula is C48H32N4O. The van der Waals surface area contributed by atoms with Crippen LogP contribution in [-0.4, -0.2) is 19.5 Å². The number of benzene rings is 7. The first kappa shape index (κ1) is 29.8. The Morgan fingerprint density at radius 1 is 0.472 bits per heavy atom. The number of furan rings is 1. The Labute approximate surface area is 305 Å². The quantitative estimate of drug-likeness (QED) is 0.186. The third-order valence-corrected chi connectivity index (χ3v) is 11.1. The standard InChI is InChI=1S/C48H32N4O/c1-48(2)35-22-12-9-19-31(35)41-36(48)26-28-38-42(41)32-20-10-13-23-37(32)52(38)39-27-25-34(44-43(39)33-21-11-14-24-40(33)53-44)47-50-45(29-15-5-3-6-16-29)49-46(51-47)30-17-7-4-8-18-30/h3-28H,1-2H3. The summed E-state index contributed by atoms with van der Waals surface area (Å²) in [5.41, 5.74) is 12.9. The average molecular weight is 681 g/mol. The van der Waals surface area contributed by atoms with Crippen LogP contribution < -0.4 is 0 Å². The lowest BCUT2D eigenvalue weighted by Gasteiger charge is -2.21. The van der Waals surface area contributed by atoms with E-state index < -0.39 is 0 Å². The molecule has 5 nitrogen and oxygen atoms in total.